The second kappa shape index (κ2) is 8.33. The van der Waals surface area contributed by atoms with Gasteiger partial charge in [-0.15, -0.1) is 5.10 Å². The van der Waals surface area contributed by atoms with Crippen molar-refractivity contribution in [3.63, 3.8) is 0 Å². The zero-order valence-electron chi connectivity index (χ0n) is 15.4. The molecule has 27 heavy (non-hydrogen) atoms. The van der Waals surface area contributed by atoms with Crippen LogP contribution in [0.1, 0.15) is 56.8 Å². The van der Waals surface area contributed by atoms with Crippen LogP contribution in [0.3, 0.4) is 0 Å². The monoisotopic (exact) mass is 367 g/mol. The summed E-state index contributed by atoms with van der Waals surface area (Å²) < 4.78 is 7.88. The minimum absolute atomic E-state index is 0.102. The Bertz CT molecular complexity index is 943. The summed E-state index contributed by atoms with van der Waals surface area (Å²) in [7, 11) is 0. The smallest absolute Gasteiger partial charge is 0.248 e. The van der Waals surface area contributed by atoms with Gasteiger partial charge in [0, 0.05) is 18.6 Å². The summed E-state index contributed by atoms with van der Waals surface area (Å²) in [5.41, 5.74) is 0.696. The van der Waals surface area contributed by atoms with E-state index in [1.54, 1.807) is 0 Å². The number of aryl methyl sites for hydroxylation is 1. The molecule has 0 spiro atoms. The summed E-state index contributed by atoms with van der Waals surface area (Å²) >= 11 is 0. The zero-order chi connectivity index (χ0) is 18.5. The van der Waals surface area contributed by atoms with Gasteiger partial charge < -0.3 is 9.72 Å². The molecule has 1 saturated carbocycles. The van der Waals surface area contributed by atoms with E-state index in [2.05, 4.69) is 20.5 Å². The van der Waals surface area contributed by atoms with E-state index in [1.165, 1.54) is 38.2 Å². The van der Waals surface area contributed by atoms with Crippen LogP contribution in [0.2, 0.25) is 0 Å². The molecular weight excluding hydrogens is 342 g/mol. The van der Waals surface area contributed by atoms with E-state index in [9.17, 15) is 4.79 Å². The van der Waals surface area contributed by atoms with Gasteiger partial charge in [-0.2, -0.15) is 0 Å². The van der Waals surface area contributed by atoms with Gasteiger partial charge in [-0.3, -0.25) is 4.79 Å². The van der Waals surface area contributed by atoms with Crippen LogP contribution in [-0.4, -0.2) is 31.8 Å². The van der Waals surface area contributed by atoms with Crippen LogP contribution in [0.25, 0.3) is 10.9 Å². The Morgan fingerprint density at radius 1 is 1.11 bits per heavy atom. The van der Waals surface area contributed by atoms with Crippen molar-refractivity contribution in [2.75, 3.05) is 6.61 Å². The summed E-state index contributed by atoms with van der Waals surface area (Å²) in [6, 6.07) is 9.58. The minimum atomic E-state index is -0.102. The lowest BCUT2D eigenvalue weighted by atomic mass is 9.95. The summed E-state index contributed by atoms with van der Waals surface area (Å²) in [5, 5.41) is 13.3. The molecule has 3 aromatic rings. The highest BCUT2D eigenvalue weighted by atomic mass is 16.5. The molecule has 1 aliphatic rings. The first-order valence-corrected chi connectivity index (χ1v) is 9.82. The lowest BCUT2D eigenvalue weighted by molar-refractivity contribution is 0.301. The second-order valence-electron chi connectivity index (χ2n) is 7.21. The van der Waals surface area contributed by atoms with Gasteiger partial charge in [-0.05, 0) is 59.7 Å². The highest BCUT2D eigenvalue weighted by Gasteiger charge is 2.19. The van der Waals surface area contributed by atoms with E-state index in [-0.39, 0.29) is 5.56 Å². The molecule has 2 aromatic heterocycles. The first-order chi connectivity index (χ1) is 13.3. The Balaban J connectivity index is 1.26. The number of hydrogen-bond donors (Lipinski definition) is 1. The normalized spacial score (nSPS) is 15.3. The highest BCUT2D eigenvalue weighted by Crippen LogP contribution is 2.28. The summed E-state index contributed by atoms with van der Waals surface area (Å²) in [6.45, 7) is 0.633. The number of aromatic amines is 1. The average molecular weight is 367 g/mol. The van der Waals surface area contributed by atoms with E-state index in [0.717, 1.165) is 41.7 Å². The fraction of sp³-hybridized carbons (Fsp3) is 0.500. The third kappa shape index (κ3) is 4.35. The molecular formula is C20H25N5O2. The van der Waals surface area contributed by atoms with Crippen molar-refractivity contribution in [1.29, 1.82) is 0 Å². The van der Waals surface area contributed by atoms with E-state index in [1.807, 2.05) is 28.9 Å². The second-order valence-corrected chi connectivity index (χ2v) is 7.21. The summed E-state index contributed by atoms with van der Waals surface area (Å²) in [4.78, 5) is 14.3. The quantitative estimate of drug-likeness (QED) is 0.647. The SMILES string of the molecule is O=c1ccc2ccc(OCCCCc3nnnn3C3CCCCC3)cc2[nH]1. The fourth-order valence-electron chi connectivity index (χ4n) is 3.78. The minimum Gasteiger partial charge on any atom is -0.494 e. The molecule has 0 bridgehead atoms. The first-order valence-electron chi connectivity index (χ1n) is 9.82. The number of aromatic nitrogens is 5. The maximum Gasteiger partial charge on any atom is 0.248 e. The lowest BCUT2D eigenvalue weighted by Gasteiger charge is -2.22. The number of rotatable bonds is 7. The molecule has 0 saturated heterocycles. The molecule has 0 atom stereocenters. The molecule has 0 unspecified atom stereocenters. The maximum absolute atomic E-state index is 11.4. The molecule has 1 aliphatic carbocycles. The molecule has 1 N–H and O–H groups in total. The van der Waals surface area contributed by atoms with Crippen molar-refractivity contribution in [3.8, 4) is 5.75 Å². The van der Waals surface area contributed by atoms with Crippen LogP contribution < -0.4 is 10.3 Å². The number of fused-ring (bicyclic) bond motifs is 1. The topological polar surface area (TPSA) is 85.7 Å². The van der Waals surface area contributed by atoms with Crippen LogP contribution in [0, 0.1) is 0 Å². The number of pyridine rings is 1. The number of H-pyrrole nitrogens is 1. The number of hydrogen-bond acceptors (Lipinski definition) is 5. The molecule has 2 heterocycles. The molecule has 0 amide bonds. The van der Waals surface area contributed by atoms with Gasteiger partial charge in [-0.25, -0.2) is 4.68 Å². The van der Waals surface area contributed by atoms with Crippen LogP contribution in [-0.2, 0) is 6.42 Å². The highest BCUT2D eigenvalue weighted by molar-refractivity contribution is 5.79. The average Bonchev–Trinajstić information content (AvgIpc) is 3.16. The predicted molar refractivity (Wildman–Crippen MR) is 103 cm³/mol. The molecule has 1 fully saturated rings. The number of nitrogens with one attached hydrogen (secondary N) is 1. The van der Waals surface area contributed by atoms with Gasteiger partial charge in [0.15, 0.2) is 5.82 Å². The largest absolute Gasteiger partial charge is 0.494 e. The molecule has 1 aromatic carbocycles. The van der Waals surface area contributed by atoms with Gasteiger partial charge in [0.25, 0.3) is 0 Å². The van der Waals surface area contributed by atoms with Gasteiger partial charge >= 0.3 is 0 Å². The predicted octanol–water partition coefficient (Wildman–Crippen LogP) is 3.42. The molecule has 0 aliphatic heterocycles. The summed E-state index contributed by atoms with van der Waals surface area (Å²) in [6.07, 6.45) is 9.03. The molecule has 7 nitrogen and oxygen atoms in total. The number of benzene rings is 1. The Kier molecular flexibility index (Phi) is 5.46. The van der Waals surface area contributed by atoms with E-state index >= 15 is 0 Å². The number of nitrogens with zero attached hydrogens (tertiary/aromatic N) is 4. The number of unbranched alkanes of at least 4 members (excludes halogenated alkanes) is 1. The molecule has 4 rings (SSSR count). The Labute approximate surface area is 157 Å². The Morgan fingerprint density at radius 2 is 1.96 bits per heavy atom. The lowest BCUT2D eigenvalue weighted by Crippen LogP contribution is -2.17. The molecule has 0 radical (unpaired) electrons. The van der Waals surface area contributed by atoms with Gasteiger partial charge in [0.2, 0.25) is 5.56 Å². The van der Waals surface area contributed by atoms with Crippen LogP contribution >= 0.6 is 0 Å². The van der Waals surface area contributed by atoms with Gasteiger partial charge in [0.05, 0.1) is 18.2 Å². The van der Waals surface area contributed by atoms with E-state index < -0.39 is 0 Å². The van der Waals surface area contributed by atoms with Gasteiger partial charge in [-0.1, -0.05) is 19.3 Å². The summed E-state index contributed by atoms with van der Waals surface area (Å²) in [5.74, 6) is 1.77. The van der Waals surface area contributed by atoms with Crippen molar-refractivity contribution in [3.05, 3.63) is 46.5 Å². The van der Waals surface area contributed by atoms with Crippen LogP contribution in [0.4, 0.5) is 0 Å². The first kappa shape index (κ1) is 17.7. The Hall–Kier alpha value is -2.70. The van der Waals surface area contributed by atoms with Crippen molar-refractivity contribution in [2.45, 2.75) is 57.4 Å². The number of tetrazole rings is 1. The third-order valence-corrected chi connectivity index (χ3v) is 5.24. The standard InChI is InChI=1S/C20H25N5O2/c26-20-12-10-15-9-11-17(14-18(15)21-20)27-13-5-4-8-19-22-23-24-25(19)16-6-2-1-3-7-16/h9-12,14,16H,1-8,13H2,(H,21,26). The van der Waals surface area contributed by atoms with Crippen molar-refractivity contribution < 1.29 is 4.74 Å². The fourth-order valence-corrected chi connectivity index (χ4v) is 3.78. The Morgan fingerprint density at radius 3 is 2.85 bits per heavy atom. The van der Waals surface area contributed by atoms with Crippen molar-refractivity contribution >= 4 is 10.9 Å². The van der Waals surface area contributed by atoms with Gasteiger partial charge in [0.1, 0.15) is 5.75 Å². The van der Waals surface area contributed by atoms with Crippen molar-refractivity contribution in [1.82, 2.24) is 25.2 Å². The maximum atomic E-state index is 11.4. The zero-order valence-corrected chi connectivity index (χ0v) is 15.4. The van der Waals surface area contributed by atoms with Crippen LogP contribution in [0.5, 0.6) is 5.75 Å². The third-order valence-electron chi connectivity index (χ3n) is 5.24. The van der Waals surface area contributed by atoms with Crippen LogP contribution in [0.15, 0.2) is 35.1 Å². The number of ether oxygens (including phenoxy) is 1. The van der Waals surface area contributed by atoms with Crippen molar-refractivity contribution in [2.24, 2.45) is 0 Å². The molecule has 142 valence electrons. The molecule has 7 heteroatoms. The van der Waals surface area contributed by atoms with E-state index in [0.29, 0.717) is 12.6 Å². The van der Waals surface area contributed by atoms with E-state index in [4.69, 9.17) is 4.74 Å².